The lowest BCUT2D eigenvalue weighted by atomic mass is 10.1. The average molecular weight is 227 g/mol. The number of halogens is 1. The average Bonchev–Trinajstić information content (AvgIpc) is 2.60. The van der Waals surface area contributed by atoms with Gasteiger partial charge in [-0.25, -0.2) is 9.97 Å². The monoisotopic (exact) mass is 226 g/mol. The van der Waals surface area contributed by atoms with Gasteiger partial charge in [0.25, 0.3) is 0 Å². The van der Waals surface area contributed by atoms with Crippen LogP contribution in [0.5, 0.6) is 0 Å². The van der Waals surface area contributed by atoms with Gasteiger partial charge in [-0.05, 0) is 30.1 Å². The Morgan fingerprint density at radius 2 is 2.47 bits per heavy atom. The summed E-state index contributed by atoms with van der Waals surface area (Å²) in [5.74, 6) is 0.808. The predicted molar refractivity (Wildman–Crippen MR) is 56.6 cm³/mol. The lowest BCUT2D eigenvalue weighted by molar-refractivity contribution is -0.117. The van der Waals surface area contributed by atoms with Crippen molar-refractivity contribution in [1.82, 2.24) is 9.97 Å². The quantitative estimate of drug-likeness (QED) is 0.743. The molecule has 1 aromatic rings. The first-order chi connectivity index (χ1) is 7.20. The number of rotatable bonds is 2. The standard InChI is InChI=1S/C9H11ClN4O/c10-9-12-2-1-7(13-9)14-5-6(4-11)3-8(14)15/h1-2,6H,3-5,11H2. The molecular weight excluding hydrogens is 216 g/mol. The molecule has 0 radical (unpaired) electrons. The summed E-state index contributed by atoms with van der Waals surface area (Å²) >= 11 is 5.66. The van der Waals surface area contributed by atoms with Crippen LogP contribution >= 0.6 is 11.6 Å². The van der Waals surface area contributed by atoms with Crippen molar-refractivity contribution in [1.29, 1.82) is 0 Å². The Kier molecular flexibility index (Phi) is 2.83. The van der Waals surface area contributed by atoms with Crippen molar-refractivity contribution in [3.8, 4) is 0 Å². The summed E-state index contributed by atoms with van der Waals surface area (Å²) in [6.45, 7) is 1.13. The molecule has 6 heteroatoms. The van der Waals surface area contributed by atoms with E-state index in [1.807, 2.05) is 0 Å². The number of aromatic nitrogens is 2. The molecule has 0 aliphatic carbocycles. The summed E-state index contributed by atoms with van der Waals surface area (Å²) in [6.07, 6.45) is 2.02. The molecule has 15 heavy (non-hydrogen) atoms. The minimum absolute atomic E-state index is 0.0419. The summed E-state index contributed by atoms with van der Waals surface area (Å²) in [5.41, 5.74) is 5.53. The highest BCUT2D eigenvalue weighted by Crippen LogP contribution is 2.22. The van der Waals surface area contributed by atoms with Crippen molar-refractivity contribution < 1.29 is 4.79 Å². The zero-order valence-corrected chi connectivity index (χ0v) is 8.81. The van der Waals surface area contributed by atoms with Gasteiger partial charge in [0.1, 0.15) is 5.82 Å². The van der Waals surface area contributed by atoms with Crippen LogP contribution in [0, 0.1) is 5.92 Å². The van der Waals surface area contributed by atoms with Crippen molar-refractivity contribution in [3.05, 3.63) is 17.5 Å². The predicted octanol–water partition coefficient (Wildman–Crippen LogP) is 0.442. The second kappa shape index (κ2) is 4.12. The van der Waals surface area contributed by atoms with Crippen LogP contribution in [-0.4, -0.2) is 29.0 Å². The first kappa shape index (κ1) is 10.3. The van der Waals surface area contributed by atoms with E-state index in [-0.39, 0.29) is 17.1 Å². The Bertz CT molecular complexity index is 384. The molecule has 2 heterocycles. The van der Waals surface area contributed by atoms with E-state index in [0.29, 0.717) is 25.3 Å². The molecule has 2 rings (SSSR count). The fourth-order valence-electron chi connectivity index (χ4n) is 1.64. The molecule has 1 amide bonds. The van der Waals surface area contributed by atoms with E-state index in [9.17, 15) is 4.79 Å². The van der Waals surface area contributed by atoms with Gasteiger partial charge < -0.3 is 5.73 Å². The third-order valence-electron chi connectivity index (χ3n) is 2.43. The van der Waals surface area contributed by atoms with Crippen LogP contribution in [0.3, 0.4) is 0 Å². The largest absolute Gasteiger partial charge is 0.330 e. The molecule has 1 unspecified atom stereocenters. The number of amides is 1. The van der Waals surface area contributed by atoms with Gasteiger partial charge in [0.05, 0.1) is 0 Å². The van der Waals surface area contributed by atoms with E-state index in [0.717, 1.165) is 0 Å². The molecule has 0 bridgehead atoms. The van der Waals surface area contributed by atoms with Gasteiger partial charge in [0.15, 0.2) is 0 Å². The topological polar surface area (TPSA) is 72.1 Å². The van der Waals surface area contributed by atoms with Crippen LogP contribution in [0.15, 0.2) is 12.3 Å². The van der Waals surface area contributed by atoms with Gasteiger partial charge in [-0.2, -0.15) is 0 Å². The smallest absolute Gasteiger partial charge is 0.228 e. The minimum atomic E-state index is 0.0419. The highest BCUT2D eigenvalue weighted by molar-refractivity contribution is 6.28. The number of nitrogens with two attached hydrogens (primary N) is 1. The Hall–Kier alpha value is -1.20. The summed E-state index contributed by atoms with van der Waals surface area (Å²) in [7, 11) is 0. The second-order valence-electron chi connectivity index (χ2n) is 3.49. The first-order valence-electron chi connectivity index (χ1n) is 4.69. The number of hydrogen-bond acceptors (Lipinski definition) is 4. The van der Waals surface area contributed by atoms with Crippen LogP contribution < -0.4 is 10.6 Å². The molecule has 5 nitrogen and oxygen atoms in total. The molecular formula is C9H11ClN4O. The Morgan fingerprint density at radius 3 is 3.07 bits per heavy atom. The number of anilines is 1. The van der Waals surface area contributed by atoms with Crippen LogP contribution in [0.1, 0.15) is 6.42 Å². The molecule has 80 valence electrons. The molecule has 1 aliphatic heterocycles. The van der Waals surface area contributed by atoms with Crippen LogP contribution in [0.4, 0.5) is 5.82 Å². The molecule has 1 aromatic heterocycles. The molecule has 2 N–H and O–H groups in total. The maximum Gasteiger partial charge on any atom is 0.228 e. The normalized spacial score (nSPS) is 21.1. The highest BCUT2D eigenvalue weighted by Gasteiger charge is 2.30. The summed E-state index contributed by atoms with van der Waals surface area (Å²) in [5, 5.41) is 0.150. The van der Waals surface area contributed by atoms with Crippen molar-refractivity contribution >= 4 is 23.3 Å². The minimum Gasteiger partial charge on any atom is -0.330 e. The van der Waals surface area contributed by atoms with Crippen molar-refractivity contribution in [2.24, 2.45) is 11.7 Å². The van der Waals surface area contributed by atoms with E-state index < -0.39 is 0 Å². The van der Waals surface area contributed by atoms with E-state index in [2.05, 4.69) is 9.97 Å². The number of hydrogen-bond donors (Lipinski definition) is 1. The van der Waals surface area contributed by atoms with E-state index >= 15 is 0 Å². The Balaban J connectivity index is 2.21. The number of nitrogens with zero attached hydrogens (tertiary/aromatic N) is 3. The Labute approximate surface area is 92.3 Å². The third-order valence-corrected chi connectivity index (χ3v) is 2.61. The fraction of sp³-hybridized carbons (Fsp3) is 0.444. The van der Waals surface area contributed by atoms with E-state index in [4.69, 9.17) is 17.3 Å². The highest BCUT2D eigenvalue weighted by atomic mass is 35.5. The maximum atomic E-state index is 11.6. The van der Waals surface area contributed by atoms with Gasteiger partial charge in [-0.15, -0.1) is 0 Å². The molecule has 0 saturated carbocycles. The van der Waals surface area contributed by atoms with Gasteiger partial charge in [-0.3, -0.25) is 9.69 Å². The third kappa shape index (κ3) is 2.08. The molecule has 0 aromatic carbocycles. The van der Waals surface area contributed by atoms with Crippen molar-refractivity contribution in [3.63, 3.8) is 0 Å². The second-order valence-corrected chi connectivity index (χ2v) is 3.83. The van der Waals surface area contributed by atoms with Crippen LogP contribution in [0.25, 0.3) is 0 Å². The summed E-state index contributed by atoms with van der Waals surface area (Å²) in [4.78, 5) is 21.0. The van der Waals surface area contributed by atoms with Gasteiger partial charge >= 0.3 is 0 Å². The summed E-state index contributed by atoms with van der Waals surface area (Å²) in [6, 6.07) is 1.67. The van der Waals surface area contributed by atoms with Crippen LogP contribution in [0.2, 0.25) is 5.28 Å². The van der Waals surface area contributed by atoms with E-state index in [1.165, 1.54) is 6.20 Å². The van der Waals surface area contributed by atoms with Crippen molar-refractivity contribution in [2.75, 3.05) is 18.0 Å². The van der Waals surface area contributed by atoms with Gasteiger partial charge in [0.2, 0.25) is 11.2 Å². The molecule has 1 saturated heterocycles. The lowest BCUT2D eigenvalue weighted by Crippen LogP contribution is -2.26. The van der Waals surface area contributed by atoms with Crippen LogP contribution in [-0.2, 0) is 4.79 Å². The lowest BCUT2D eigenvalue weighted by Gasteiger charge is -2.14. The molecule has 0 spiro atoms. The zero-order chi connectivity index (χ0) is 10.8. The molecule has 1 atom stereocenters. The first-order valence-corrected chi connectivity index (χ1v) is 5.07. The number of carbonyl (C=O) groups excluding carboxylic acids is 1. The van der Waals surface area contributed by atoms with Gasteiger partial charge in [-0.1, -0.05) is 0 Å². The van der Waals surface area contributed by atoms with Gasteiger partial charge in [0, 0.05) is 19.2 Å². The maximum absolute atomic E-state index is 11.6. The number of carbonyl (C=O) groups is 1. The van der Waals surface area contributed by atoms with Crippen molar-refractivity contribution in [2.45, 2.75) is 6.42 Å². The molecule has 1 aliphatic rings. The Morgan fingerprint density at radius 1 is 1.67 bits per heavy atom. The van der Waals surface area contributed by atoms with E-state index in [1.54, 1.807) is 11.0 Å². The fourth-order valence-corrected chi connectivity index (χ4v) is 1.78. The molecule has 1 fully saturated rings. The summed E-state index contributed by atoms with van der Waals surface area (Å²) < 4.78 is 0. The zero-order valence-electron chi connectivity index (χ0n) is 8.06. The SMILES string of the molecule is NCC1CC(=O)N(c2ccnc(Cl)n2)C1.